The maximum Gasteiger partial charge on any atom is 0.305 e. The molecule has 0 aliphatic rings. The first-order chi connectivity index (χ1) is 18.7. The first kappa shape index (κ1) is 29.5. The average Bonchev–Trinajstić information content (AvgIpc) is 2.96. The summed E-state index contributed by atoms with van der Waals surface area (Å²) in [5, 5.41) is 2.17. The molecule has 0 aromatic heterocycles. The van der Waals surface area contributed by atoms with Gasteiger partial charge in [0.15, 0.2) is 0 Å². The molecular weight excluding hydrogens is 486 g/mol. The normalized spacial score (nSPS) is 11.1. The lowest BCUT2D eigenvalue weighted by atomic mass is 9.96. The van der Waals surface area contributed by atoms with Crippen LogP contribution in [0.2, 0.25) is 0 Å². The Kier molecular flexibility index (Phi) is 13.6. The molecule has 0 amide bonds. The molecule has 0 heterocycles. The number of esters is 1. The van der Waals surface area contributed by atoms with E-state index in [2.05, 4.69) is 42.5 Å². The molecule has 3 aromatic rings. The number of carbonyl (C=O) groups excluding carboxylic acids is 1. The van der Waals surface area contributed by atoms with Gasteiger partial charge < -0.3 is 34.2 Å². The molecule has 38 heavy (non-hydrogen) atoms. The Morgan fingerprint density at radius 2 is 1.26 bits per heavy atom. The number of hydrogen-bond donors (Lipinski definition) is 1. The van der Waals surface area contributed by atoms with Gasteiger partial charge in [-0.05, 0) is 34.6 Å². The zero-order valence-electron chi connectivity index (χ0n) is 22.2. The fourth-order valence-corrected chi connectivity index (χ4v) is 3.90. The van der Waals surface area contributed by atoms with E-state index in [0.29, 0.717) is 78.8 Å². The van der Waals surface area contributed by atoms with Crippen LogP contribution in [0.15, 0.2) is 60.7 Å². The maximum atomic E-state index is 11.4. The van der Waals surface area contributed by atoms with E-state index in [4.69, 9.17) is 34.2 Å². The molecule has 2 N–H and O–H groups in total. The van der Waals surface area contributed by atoms with Crippen LogP contribution in [0.3, 0.4) is 0 Å². The molecule has 8 heteroatoms. The van der Waals surface area contributed by atoms with Crippen LogP contribution in [-0.4, -0.2) is 79.1 Å². The van der Waals surface area contributed by atoms with Crippen molar-refractivity contribution in [2.75, 3.05) is 73.1 Å². The molecule has 8 nitrogen and oxygen atoms in total. The molecular formula is C30H39NO7. The Morgan fingerprint density at radius 1 is 0.684 bits per heavy atom. The largest absolute Gasteiger partial charge is 0.491 e. The van der Waals surface area contributed by atoms with Crippen molar-refractivity contribution in [1.29, 1.82) is 0 Å². The number of nitrogens with two attached hydrogens (primary N) is 1. The summed E-state index contributed by atoms with van der Waals surface area (Å²) in [7, 11) is 1.41. The van der Waals surface area contributed by atoms with Gasteiger partial charge in [-0.3, -0.25) is 4.79 Å². The minimum atomic E-state index is -0.198. The maximum absolute atomic E-state index is 11.4. The minimum Gasteiger partial charge on any atom is -0.491 e. The van der Waals surface area contributed by atoms with Gasteiger partial charge in [-0.2, -0.15) is 0 Å². The van der Waals surface area contributed by atoms with Gasteiger partial charge in [-0.25, -0.2) is 0 Å². The molecule has 0 atom stereocenters. The van der Waals surface area contributed by atoms with E-state index in [1.54, 1.807) is 0 Å². The molecule has 3 aromatic carbocycles. The summed E-state index contributed by atoms with van der Waals surface area (Å²) >= 11 is 0. The Morgan fingerprint density at radius 3 is 1.87 bits per heavy atom. The highest BCUT2D eigenvalue weighted by Crippen LogP contribution is 2.34. The topological polar surface area (TPSA) is 98.5 Å². The van der Waals surface area contributed by atoms with Crippen LogP contribution in [-0.2, 0) is 34.9 Å². The molecule has 0 fully saturated rings. The van der Waals surface area contributed by atoms with Gasteiger partial charge in [-0.1, -0.05) is 54.6 Å². The molecule has 0 saturated carbocycles. The van der Waals surface area contributed by atoms with Gasteiger partial charge in [0, 0.05) is 18.4 Å². The predicted octanol–water partition coefficient (Wildman–Crippen LogP) is 4.02. The number of carbonyl (C=O) groups is 1. The van der Waals surface area contributed by atoms with Gasteiger partial charge >= 0.3 is 5.97 Å². The van der Waals surface area contributed by atoms with E-state index >= 15 is 0 Å². The molecule has 0 aliphatic heterocycles. The second-order valence-corrected chi connectivity index (χ2v) is 8.52. The molecule has 0 spiro atoms. The van der Waals surface area contributed by atoms with Crippen LogP contribution < -0.4 is 10.5 Å². The second kappa shape index (κ2) is 17.5. The van der Waals surface area contributed by atoms with Gasteiger partial charge in [0.2, 0.25) is 0 Å². The summed E-state index contributed by atoms with van der Waals surface area (Å²) in [6.45, 7) is 5.13. The minimum absolute atomic E-state index is 0.198. The Bertz CT molecular complexity index is 1090. The third kappa shape index (κ3) is 10.0. The molecule has 0 radical (unpaired) electrons. The monoisotopic (exact) mass is 525 g/mol. The number of hydrogen-bond acceptors (Lipinski definition) is 8. The van der Waals surface area contributed by atoms with Crippen molar-refractivity contribution in [3.8, 4) is 16.9 Å². The van der Waals surface area contributed by atoms with Crippen molar-refractivity contribution in [1.82, 2.24) is 0 Å². The van der Waals surface area contributed by atoms with Crippen LogP contribution in [0.1, 0.15) is 12.0 Å². The van der Waals surface area contributed by atoms with E-state index in [0.717, 1.165) is 33.2 Å². The summed E-state index contributed by atoms with van der Waals surface area (Å²) in [6, 6.07) is 20.6. The quantitative estimate of drug-likeness (QED) is 0.185. The zero-order chi connectivity index (χ0) is 26.8. The number of rotatable bonds is 19. The fourth-order valence-electron chi connectivity index (χ4n) is 3.90. The van der Waals surface area contributed by atoms with Crippen LogP contribution in [0.5, 0.6) is 5.75 Å². The van der Waals surface area contributed by atoms with Crippen molar-refractivity contribution in [3.63, 3.8) is 0 Å². The predicted molar refractivity (Wildman–Crippen MR) is 148 cm³/mol. The average molecular weight is 526 g/mol. The van der Waals surface area contributed by atoms with Crippen LogP contribution in [0.25, 0.3) is 21.9 Å². The Balaban J connectivity index is 1.40. The lowest BCUT2D eigenvalue weighted by molar-refractivity contribution is -0.140. The van der Waals surface area contributed by atoms with E-state index in [1.807, 2.05) is 18.2 Å². The fraction of sp³-hybridized carbons (Fsp3) is 0.433. The Hall–Kier alpha value is -3.01. The summed E-state index contributed by atoms with van der Waals surface area (Å²) in [4.78, 5) is 11.4. The molecule has 0 saturated heterocycles. The van der Waals surface area contributed by atoms with Gasteiger partial charge in [-0.15, -0.1) is 0 Å². The van der Waals surface area contributed by atoms with Gasteiger partial charge in [0.1, 0.15) is 12.4 Å². The zero-order valence-corrected chi connectivity index (χ0v) is 22.2. The summed E-state index contributed by atoms with van der Waals surface area (Å²) in [6.07, 6.45) is 1.04. The van der Waals surface area contributed by atoms with Crippen molar-refractivity contribution in [2.45, 2.75) is 12.8 Å². The summed E-state index contributed by atoms with van der Waals surface area (Å²) < 4.78 is 32.6. The van der Waals surface area contributed by atoms with Crippen LogP contribution in [0, 0.1) is 0 Å². The van der Waals surface area contributed by atoms with Crippen molar-refractivity contribution in [3.05, 3.63) is 66.2 Å². The van der Waals surface area contributed by atoms with E-state index < -0.39 is 0 Å². The molecule has 0 bridgehead atoms. The van der Waals surface area contributed by atoms with Crippen molar-refractivity contribution < 1.29 is 33.2 Å². The van der Waals surface area contributed by atoms with E-state index in [1.165, 1.54) is 7.11 Å². The summed E-state index contributed by atoms with van der Waals surface area (Å²) in [5.41, 5.74) is 8.70. The number of methoxy groups -OCH3 is 1. The van der Waals surface area contributed by atoms with E-state index in [9.17, 15) is 4.79 Å². The number of ether oxygens (including phenoxy) is 6. The number of benzene rings is 3. The number of fused-ring (bicyclic) bond motifs is 1. The van der Waals surface area contributed by atoms with Gasteiger partial charge in [0.25, 0.3) is 0 Å². The highest BCUT2D eigenvalue weighted by Gasteiger charge is 2.09. The molecule has 3 rings (SSSR count). The van der Waals surface area contributed by atoms with E-state index in [-0.39, 0.29) is 5.97 Å². The summed E-state index contributed by atoms with van der Waals surface area (Å²) in [5.74, 6) is 0.628. The van der Waals surface area contributed by atoms with Crippen LogP contribution >= 0.6 is 0 Å². The standard InChI is InChI=1S/C30H39NO7/c1-33-30(32)13-8-24-6-9-25(10-7-24)26-11-12-29(28-5-3-2-4-27(26)28)38-23-22-37-21-20-36-19-18-35-17-16-34-15-14-31/h2-7,9-12H,8,13-23,31H2,1H3. The molecule has 0 aliphatic carbocycles. The lowest BCUT2D eigenvalue weighted by Gasteiger charge is -2.13. The third-order valence-electron chi connectivity index (χ3n) is 5.86. The lowest BCUT2D eigenvalue weighted by Crippen LogP contribution is -2.15. The molecule has 0 unspecified atom stereocenters. The first-order valence-corrected chi connectivity index (χ1v) is 13.0. The number of aryl methyl sites for hydroxylation is 1. The third-order valence-corrected chi connectivity index (χ3v) is 5.86. The van der Waals surface area contributed by atoms with Gasteiger partial charge in [0.05, 0.1) is 60.0 Å². The highest BCUT2D eigenvalue weighted by molar-refractivity contribution is 6.00. The van der Waals surface area contributed by atoms with Crippen molar-refractivity contribution >= 4 is 16.7 Å². The molecule has 206 valence electrons. The second-order valence-electron chi connectivity index (χ2n) is 8.52. The van der Waals surface area contributed by atoms with Crippen LogP contribution in [0.4, 0.5) is 0 Å². The SMILES string of the molecule is COC(=O)CCc1ccc(-c2ccc(OCCOCCOCCOCCOCCN)c3ccccc23)cc1. The first-order valence-electron chi connectivity index (χ1n) is 13.0. The highest BCUT2D eigenvalue weighted by atomic mass is 16.6. The smallest absolute Gasteiger partial charge is 0.305 e. The Labute approximate surface area is 224 Å². The van der Waals surface area contributed by atoms with Crippen molar-refractivity contribution in [2.24, 2.45) is 5.73 Å².